The van der Waals surface area contributed by atoms with Crippen LogP contribution in [0.15, 0.2) is 18.6 Å². The fourth-order valence-corrected chi connectivity index (χ4v) is 1.73. The molecule has 18 heavy (non-hydrogen) atoms. The Kier molecular flexibility index (Phi) is 3.59. The Hall–Kier alpha value is -1.92. The van der Waals surface area contributed by atoms with Gasteiger partial charge < -0.3 is 14.6 Å². The van der Waals surface area contributed by atoms with Crippen LogP contribution in [0.2, 0.25) is 0 Å². The number of alkyl halides is 2. The quantitative estimate of drug-likeness (QED) is 0.885. The van der Waals surface area contributed by atoms with Crippen molar-refractivity contribution in [3.05, 3.63) is 18.6 Å². The van der Waals surface area contributed by atoms with E-state index in [0.717, 1.165) is 0 Å². The molecule has 0 fully saturated rings. The van der Waals surface area contributed by atoms with E-state index in [2.05, 4.69) is 15.3 Å². The Morgan fingerprint density at radius 1 is 1.50 bits per heavy atom. The first-order valence-electron chi connectivity index (χ1n) is 5.68. The first kappa shape index (κ1) is 12.5. The molecule has 2 heterocycles. The molecule has 5 nitrogen and oxygen atoms in total. The number of aromatic nitrogens is 3. The molecule has 0 spiro atoms. The fourth-order valence-electron chi connectivity index (χ4n) is 1.73. The smallest absolute Gasteiger partial charge is 0.255 e. The molecule has 2 aromatic rings. The highest BCUT2D eigenvalue weighted by Crippen LogP contribution is 2.20. The zero-order valence-electron chi connectivity index (χ0n) is 10.3. The maximum Gasteiger partial charge on any atom is 0.255 e. The molecular formula is C11H15F2N5. The Balaban J connectivity index is 2.42. The average molecular weight is 255 g/mol. The lowest BCUT2D eigenvalue weighted by Crippen LogP contribution is -2.26. The lowest BCUT2D eigenvalue weighted by molar-refractivity contribution is 0.156. The summed E-state index contributed by atoms with van der Waals surface area (Å²) in [6, 6.07) is 0. The van der Waals surface area contributed by atoms with E-state index in [1.807, 2.05) is 6.92 Å². The van der Waals surface area contributed by atoms with E-state index >= 15 is 0 Å². The highest BCUT2D eigenvalue weighted by Gasteiger charge is 2.15. The van der Waals surface area contributed by atoms with Gasteiger partial charge in [-0.2, -0.15) is 0 Å². The summed E-state index contributed by atoms with van der Waals surface area (Å²) in [5.41, 5.74) is 0.569. The minimum Gasteiger partial charge on any atom is -0.369 e. The molecule has 98 valence electrons. The fraction of sp³-hybridized carbons (Fsp3) is 0.455. The van der Waals surface area contributed by atoms with E-state index in [0.29, 0.717) is 23.8 Å². The van der Waals surface area contributed by atoms with Crippen LogP contribution in [0.4, 0.5) is 20.4 Å². The van der Waals surface area contributed by atoms with Crippen LogP contribution in [0.1, 0.15) is 6.92 Å². The number of halogens is 2. The van der Waals surface area contributed by atoms with Gasteiger partial charge in [-0.25, -0.2) is 18.7 Å². The van der Waals surface area contributed by atoms with Gasteiger partial charge in [0.1, 0.15) is 5.82 Å². The molecule has 2 aromatic heterocycles. The van der Waals surface area contributed by atoms with Gasteiger partial charge in [-0.05, 0) is 6.92 Å². The number of nitrogens with zero attached hydrogens (tertiary/aromatic N) is 4. The second kappa shape index (κ2) is 5.16. The van der Waals surface area contributed by atoms with Crippen LogP contribution >= 0.6 is 0 Å². The van der Waals surface area contributed by atoms with Crippen molar-refractivity contribution in [3.8, 4) is 0 Å². The van der Waals surface area contributed by atoms with Gasteiger partial charge in [-0.1, -0.05) is 0 Å². The molecule has 0 aromatic carbocycles. The first-order valence-corrected chi connectivity index (χ1v) is 5.68. The summed E-state index contributed by atoms with van der Waals surface area (Å²) in [6.07, 6.45) is 2.75. The third-order valence-corrected chi connectivity index (χ3v) is 2.49. The number of hydrogen-bond donors (Lipinski definition) is 1. The molecule has 2 rings (SSSR count). The third-order valence-electron chi connectivity index (χ3n) is 2.49. The third kappa shape index (κ3) is 2.49. The van der Waals surface area contributed by atoms with Gasteiger partial charge in [0.15, 0.2) is 11.5 Å². The van der Waals surface area contributed by atoms with Crippen LogP contribution in [0, 0.1) is 0 Å². The van der Waals surface area contributed by atoms with Gasteiger partial charge in [0.05, 0.1) is 12.7 Å². The van der Waals surface area contributed by atoms with Crippen molar-refractivity contribution in [2.75, 3.05) is 30.4 Å². The van der Waals surface area contributed by atoms with E-state index in [1.165, 1.54) is 4.90 Å². The Labute approximate surface area is 103 Å². The molecule has 0 aliphatic carbocycles. The maximum absolute atomic E-state index is 12.4. The predicted molar refractivity (Wildman–Crippen MR) is 66.4 cm³/mol. The van der Waals surface area contributed by atoms with Crippen molar-refractivity contribution in [1.29, 1.82) is 0 Å². The zero-order chi connectivity index (χ0) is 13.1. The van der Waals surface area contributed by atoms with E-state index < -0.39 is 6.43 Å². The highest BCUT2D eigenvalue weighted by atomic mass is 19.3. The number of anilines is 2. The summed E-state index contributed by atoms with van der Waals surface area (Å²) in [4.78, 5) is 9.86. The van der Waals surface area contributed by atoms with Crippen LogP contribution in [0.5, 0.6) is 0 Å². The SMILES string of the molecule is CCNc1cn2ccnc2c(N(C)CC(F)F)n1. The Morgan fingerprint density at radius 2 is 2.28 bits per heavy atom. The van der Waals surface area contributed by atoms with Crippen molar-refractivity contribution in [1.82, 2.24) is 14.4 Å². The molecule has 0 atom stereocenters. The Bertz CT molecular complexity index is 525. The molecular weight excluding hydrogens is 240 g/mol. The van der Waals surface area contributed by atoms with Gasteiger partial charge in [0.25, 0.3) is 6.43 Å². The summed E-state index contributed by atoms with van der Waals surface area (Å²) in [5, 5.41) is 3.06. The number of rotatable bonds is 5. The van der Waals surface area contributed by atoms with Crippen molar-refractivity contribution in [2.45, 2.75) is 13.3 Å². The van der Waals surface area contributed by atoms with Gasteiger partial charge in [-0.15, -0.1) is 0 Å². The predicted octanol–water partition coefficient (Wildman–Crippen LogP) is 1.86. The summed E-state index contributed by atoms with van der Waals surface area (Å²) in [6.45, 7) is 2.29. The molecule has 0 aliphatic heterocycles. The topological polar surface area (TPSA) is 45.5 Å². The van der Waals surface area contributed by atoms with Gasteiger partial charge in [0, 0.05) is 26.0 Å². The molecule has 0 unspecified atom stereocenters. The summed E-state index contributed by atoms with van der Waals surface area (Å²) in [7, 11) is 1.58. The first-order chi connectivity index (χ1) is 8.61. The van der Waals surface area contributed by atoms with Crippen LogP contribution in [-0.4, -0.2) is 40.9 Å². The summed E-state index contributed by atoms with van der Waals surface area (Å²) >= 11 is 0. The number of imidazole rings is 1. The normalized spacial score (nSPS) is 11.2. The number of nitrogens with one attached hydrogen (secondary N) is 1. The second-order valence-electron chi connectivity index (χ2n) is 3.91. The monoisotopic (exact) mass is 255 g/mol. The minimum atomic E-state index is -2.41. The standard InChI is InChI=1S/C11H15F2N5/c1-3-14-9-7-18-5-4-15-10(18)11(16-9)17(2)6-8(12)13/h4-5,7-8,14H,3,6H2,1-2H3. The van der Waals surface area contributed by atoms with E-state index in [4.69, 9.17) is 0 Å². The van der Waals surface area contributed by atoms with Crippen molar-refractivity contribution in [2.24, 2.45) is 0 Å². The van der Waals surface area contributed by atoms with Crippen LogP contribution in [0.25, 0.3) is 5.65 Å². The molecule has 0 saturated heterocycles. The van der Waals surface area contributed by atoms with Gasteiger partial charge in [0.2, 0.25) is 0 Å². The lowest BCUT2D eigenvalue weighted by Gasteiger charge is -2.19. The molecule has 0 bridgehead atoms. The maximum atomic E-state index is 12.4. The zero-order valence-corrected chi connectivity index (χ0v) is 10.3. The minimum absolute atomic E-state index is 0.370. The second-order valence-corrected chi connectivity index (χ2v) is 3.91. The van der Waals surface area contributed by atoms with Crippen LogP contribution in [-0.2, 0) is 0 Å². The van der Waals surface area contributed by atoms with E-state index in [1.54, 1.807) is 30.0 Å². The van der Waals surface area contributed by atoms with Crippen molar-refractivity contribution < 1.29 is 8.78 Å². The largest absolute Gasteiger partial charge is 0.369 e. The van der Waals surface area contributed by atoms with E-state index in [9.17, 15) is 8.78 Å². The molecule has 1 N–H and O–H groups in total. The van der Waals surface area contributed by atoms with E-state index in [-0.39, 0.29) is 6.54 Å². The number of fused-ring (bicyclic) bond motifs is 1. The van der Waals surface area contributed by atoms with Gasteiger partial charge in [-0.3, -0.25) is 0 Å². The van der Waals surface area contributed by atoms with Crippen molar-refractivity contribution in [3.63, 3.8) is 0 Å². The Morgan fingerprint density at radius 3 is 2.94 bits per heavy atom. The number of hydrogen-bond acceptors (Lipinski definition) is 4. The van der Waals surface area contributed by atoms with Crippen molar-refractivity contribution >= 4 is 17.3 Å². The molecule has 0 amide bonds. The van der Waals surface area contributed by atoms with Crippen LogP contribution in [0.3, 0.4) is 0 Å². The molecule has 7 heteroatoms. The summed E-state index contributed by atoms with van der Waals surface area (Å²) in [5.74, 6) is 1.08. The van der Waals surface area contributed by atoms with Gasteiger partial charge >= 0.3 is 0 Å². The average Bonchev–Trinajstić information content (AvgIpc) is 2.75. The lowest BCUT2D eigenvalue weighted by atomic mass is 10.5. The van der Waals surface area contributed by atoms with Crippen LogP contribution < -0.4 is 10.2 Å². The molecule has 0 radical (unpaired) electrons. The summed E-state index contributed by atoms with van der Waals surface area (Å²) < 4.78 is 26.6. The molecule has 0 saturated carbocycles. The highest BCUT2D eigenvalue weighted by molar-refractivity contribution is 5.66. The molecule has 0 aliphatic rings.